The quantitative estimate of drug-likeness (QED) is 0.709. The third-order valence-electron chi connectivity index (χ3n) is 4.00. The molecular weight excluding hydrogens is 184 g/mol. The van der Waals surface area contributed by atoms with E-state index in [1.807, 2.05) is 12.1 Å². The van der Waals surface area contributed by atoms with Crippen LogP contribution in [0.4, 0.5) is 11.4 Å². The van der Waals surface area contributed by atoms with Crippen LogP contribution in [0, 0.1) is 11.8 Å². The molecule has 2 fully saturated rings. The zero-order valence-electron chi connectivity index (χ0n) is 9.02. The molecule has 2 heteroatoms. The van der Waals surface area contributed by atoms with Crippen molar-refractivity contribution in [2.45, 2.75) is 19.3 Å². The second-order valence-corrected chi connectivity index (χ2v) is 4.91. The number of anilines is 2. The lowest BCUT2D eigenvalue weighted by molar-refractivity contribution is 0.494. The summed E-state index contributed by atoms with van der Waals surface area (Å²) in [7, 11) is 0. The van der Waals surface area contributed by atoms with E-state index in [0.29, 0.717) is 0 Å². The Morgan fingerprint density at radius 2 is 1.73 bits per heavy atom. The summed E-state index contributed by atoms with van der Waals surface area (Å²) < 4.78 is 0. The molecule has 1 aromatic rings. The average Bonchev–Trinajstić information content (AvgIpc) is 2.77. The molecule has 2 atom stereocenters. The lowest BCUT2D eigenvalue weighted by atomic mass is 10.0. The summed E-state index contributed by atoms with van der Waals surface area (Å²) in [4.78, 5) is 2.48. The van der Waals surface area contributed by atoms with Crippen LogP contribution < -0.4 is 10.6 Å². The van der Waals surface area contributed by atoms with E-state index in [1.165, 1.54) is 38.0 Å². The van der Waals surface area contributed by atoms with Gasteiger partial charge in [0.05, 0.1) is 11.4 Å². The van der Waals surface area contributed by atoms with Crippen LogP contribution in [0.1, 0.15) is 19.3 Å². The van der Waals surface area contributed by atoms with Crippen molar-refractivity contribution in [3.05, 3.63) is 24.3 Å². The van der Waals surface area contributed by atoms with E-state index in [2.05, 4.69) is 17.0 Å². The number of para-hydroxylation sites is 2. The van der Waals surface area contributed by atoms with E-state index in [4.69, 9.17) is 5.73 Å². The van der Waals surface area contributed by atoms with Crippen molar-refractivity contribution in [3.8, 4) is 0 Å². The molecule has 15 heavy (non-hydrogen) atoms. The number of nitrogen functional groups attached to an aromatic ring is 1. The molecule has 2 nitrogen and oxygen atoms in total. The Morgan fingerprint density at radius 3 is 2.40 bits per heavy atom. The van der Waals surface area contributed by atoms with Gasteiger partial charge in [-0.1, -0.05) is 18.6 Å². The number of hydrogen-bond acceptors (Lipinski definition) is 2. The molecule has 1 saturated heterocycles. The molecule has 2 unspecified atom stereocenters. The third-order valence-corrected chi connectivity index (χ3v) is 4.00. The van der Waals surface area contributed by atoms with Crippen LogP contribution in [0.3, 0.4) is 0 Å². The highest BCUT2D eigenvalue weighted by atomic mass is 15.2. The van der Waals surface area contributed by atoms with Crippen molar-refractivity contribution in [2.24, 2.45) is 11.8 Å². The minimum Gasteiger partial charge on any atom is -0.397 e. The molecule has 3 rings (SSSR count). The van der Waals surface area contributed by atoms with Crippen molar-refractivity contribution in [2.75, 3.05) is 23.7 Å². The van der Waals surface area contributed by atoms with E-state index in [0.717, 1.165) is 17.5 Å². The van der Waals surface area contributed by atoms with Crippen molar-refractivity contribution in [3.63, 3.8) is 0 Å². The van der Waals surface area contributed by atoms with Crippen LogP contribution in [0.25, 0.3) is 0 Å². The Bertz CT molecular complexity index is 349. The van der Waals surface area contributed by atoms with E-state index in [1.54, 1.807) is 0 Å². The molecular formula is C13H18N2. The Morgan fingerprint density at radius 1 is 1.07 bits per heavy atom. The smallest absolute Gasteiger partial charge is 0.0600 e. The van der Waals surface area contributed by atoms with Gasteiger partial charge in [0.1, 0.15) is 0 Å². The number of hydrogen-bond donors (Lipinski definition) is 1. The molecule has 1 aliphatic heterocycles. The first-order valence-electron chi connectivity index (χ1n) is 5.94. The lowest BCUT2D eigenvalue weighted by Gasteiger charge is -2.21. The summed E-state index contributed by atoms with van der Waals surface area (Å²) in [6.07, 6.45) is 4.29. The summed E-state index contributed by atoms with van der Waals surface area (Å²) in [5.74, 6) is 1.87. The molecule has 80 valence electrons. The Kier molecular flexibility index (Phi) is 2.08. The van der Waals surface area contributed by atoms with Crippen molar-refractivity contribution in [1.82, 2.24) is 0 Å². The van der Waals surface area contributed by atoms with E-state index in [9.17, 15) is 0 Å². The average molecular weight is 202 g/mol. The monoisotopic (exact) mass is 202 g/mol. The largest absolute Gasteiger partial charge is 0.397 e. The summed E-state index contributed by atoms with van der Waals surface area (Å²) in [5, 5.41) is 0. The van der Waals surface area contributed by atoms with Crippen molar-refractivity contribution >= 4 is 11.4 Å². The Labute approximate surface area is 91.1 Å². The van der Waals surface area contributed by atoms with Gasteiger partial charge in [-0.05, 0) is 36.8 Å². The molecule has 1 aliphatic carbocycles. The second kappa shape index (κ2) is 3.44. The predicted molar refractivity (Wildman–Crippen MR) is 63.9 cm³/mol. The van der Waals surface area contributed by atoms with Gasteiger partial charge in [0.2, 0.25) is 0 Å². The first-order chi connectivity index (χ1) is 7.34. The van der Waals surface area contributed by atoms with Gasteiger partial charge in [0.15, 0.2) is 0 Å². The SMILES string of the molecule is Nc1ccccc1N1CC2CCCC2C1. The standard InChI is InChI=1S/C13H18N2/c14-12-6-1-2-7-13(12)15-8-10-4-3-5-11(10)9-15/h1-2,6-7,10-11H,3-5,8-9,14H2. The maximum Gasteiger partial charge on any atom is 0.0600 e. The molecule has 0 bridgehead atoms. The third kappa shape index (κ3) is 1.48. The molecule has 0 spiro atoms. The molecule has 2 N–H and O–H groups in total. The normalized spacial score (nSPS) is 29.5. The Balaban J connectivity index is 1.82. The first-order valence-corrected chi connectivity index (χ1v) is 5.94. The molecule has 0 amide bonds. The summed E-state index contributed by atoms with van der Waals surface area (Å²) in [6, 6.07) is 8.25. The predicted octanol–water partition coefficient (Wildman–Crippen LogP) is 2.51. The van der Waals surface area contributed by atoms with Crippen LogP contribution in [0.2, 0.25) is 0 Å². The number of nitrogens with two attached hydrogens (primary N) is 1. The fourth-order valence-electron chi connectivity index (χ4n) is 3.21. The van der Waals surface area contributed by atoms with Gasteiger partial charge < -0.3 is 10.6 Å². The van der Waals surface area contributed by atoms with E-state index < -0.39 is 0 Å². The summed E-state index contributed by atoms with van der Waals surface area (Å²) >= 11 is 0. The van der Waals surface area contributed by atoms with Gasteiger partial charge in [-0.2, -0.15) is 0 Å². The van der Waals surface area contributed by atoms with Gasteiger partial charge in [-0.25, -0.2) is 0 Å². The highest BCUT2D eigenvalue weighted by Crippen LogP contribution is 2.40. The number of benzene rings is 1. The zero-order chi connectivity index (χ0) is 10.3. The minimum atomic E-state index is 0.928. The van der Waals surface area contributed by atoms with Gasteiger partial charge >= 0.3 is 0 Å². The van der Waals surface area contributed by atoms with Crippen LogP contribution in [0.5, 0.6) is 0 Å². The van der Waals surface area contributed by atoms with E-state index >= 15 is 0 Å². The molecule has 1 saturated carbocycles. The highest BCUT2D eigenvalue weighted by molar-refractivity contribution is 5.67. The maximum atomic E-state index is 6.01. The Hall–Kier alpha value is -1.18. The van der Waals surface area contributed by atoms with Gasteiger partial charge in [-0.15, -0.1) is 0 Å². The fourth-order valence-corrected chi connectivity index (χ4v) is 3.21. The van der Waals surface area contributed by atoms with Crippen molar-refractivity contribution < 1.29 is 0 Å². The zero-order valence-corrected chi connectivity index (χ0v) is 9.02. The first kappa shape index (κ1) is 9.08. The molecule has 1 aromatic carbocycles. The topological polar surface area (TPSA) is 29.3 Å². The number of rotatable bonds is 1. The van der Waals surface area contributed by atoms with Gasteiger partial charge in [0, 0.05) is 13.1 Å². The number of nitrogens with zero attached hydrogens (tertiary/aromatic N) is 1. The molecule has 2 aliphatic rings. The second-order valence-electron chi connectivity index (χ2n) is 4.91. The summed E-state index contributed by atoms with van der Waals surface area (Å²) in [6.45, 7) is 2.44. The molecule has 1 heterocycles. The van der Waals surface area contributed by atoms with Gasteiger partial charge in [-0.3, -0.25) is 0 Å². The van der Waals surface area contributed by atoms with Crippen LogP contribution >= 0.6 is 0 Å². The highest BCUT2D eigenvalue weighted by Gasteiger charge is 2.36. The molecule has 0 aromatic heterocycles. The maximum absolute atomic E-state index is 6.01. The van der Waals surface area contributed by atoms with Gasteiger partial charge in [0.25, 0.3) is 0 Å². The fraction of sp³-hybridized carbons (Fsp3) is 0.538. The summed E-state index contributed by atoms with van der Waals surface area (Å²) in [5.41, 5.74) is 8.18. The van der Waals surface area contributed by atoms with Crippen LogP contribution in [-0.2, 0) is 0 Å². The van der Waals surface area contributed by atoms with Crippen LogP contribution in [0.15, 0.2) is 24.3 Å². The minimum absolute atomic E-state index is 0.928. The number of fused-ring (bicyclic) bond motifs is 1. The van der Waals surface area contributed by atoms with E-state index in [-0.39, 0.29) is 0 Å². The van der Waals surface area contributed by atoms with Crippen LogP contribution in [-0.4, -0.2) is 13.1 Å². The van der Waals surface area contributed by atoms with Crippen molar-refractivity contribution in [1.29, 1.82) is 0 Å². The lowest BCUT2D eigenvalue weighted by Crippen LogP contribution is -2.21. The molecule has 0 radical (unpaired) electrons.